The fraction of sp³-hybridized carbons (Fsp3) is 0. The molecule has 0 N–H and O–H groups in total. The maximum Gasteiger partial charge on any atom is 0.146 e. The number of nitrogens with zero attached hydrogens (tertiary/aromatic N) is 3. The Kier molecular flexibility index (Phi) is 4.10. The van der Waals surface area contributed by atoms with Gasteiger partial charge in [-0.15, -0.1) is 0 Å². The first-order valence-electron chi connectivity index (χ1n) is 10.4. The minimum Gasteiger partial charge on any atom is -0.294 e. The average Bonchev–Trinajstić information content (AvgIpc) is 3.19. The van der Waals surface area contributed by atoms with Gasteiger partial charge in [-0.25, -0.2) is 4.98 Å². The van der Waals surface area contributed by atoms with E-state index in [1.807, 2.05) is 30.5 Å². The Morgan fingerprint density at radius 3 is 2.16 bits per heavy atom. The fourth-order valence-electron chi connectivity index (χ4n) is 4.21. The summed E-state index contributed by atoms with van der Waals surface area (Å²) in [5.41, 5.74) is 7.32. The summed E-state index contributed by atoms with van der Waals surface area (Å²) in [6.45, 7) is 0. The highest BCUT2D eigenvalue weighted by Crippen LogP contribution is 2.33. The molecule has 3 heterocycles. The van der Waals surface area contributed by atoms with Crippen molar-refractivity contribution >= 4 is 21.9 Å². The van der Waals surface area contributed by atoms with Gasteiger partial charge in [0, 0.05) is 33.8 Å². The Balaban J connectivity index is 1.58. The molecule has 0 radical (unpaired) electrons. The molecule has 0 saturated carbocycles. The van der Waals surface area contributed by atoms with Gasteiger partial charge in [0.2, 0.25) is 0 Å². The lowest BCUT2D eigenvalue weighted by Gasteiger charge is -2.08. The first-order chi connectivity index (χ1) is 15.4. The zero-order chi connectivity index (χ0) is 20.6. The van der Waals surface area contributed by atoms with Gasteiger partial charge in [-0.05, 0) is 48.5 Å². The summed E-state index contributed by atoms with van der Waals surface area (Å²) in [4.78, 5) is 9.63. The molecule has 31 heavy (non-hydrogen) atoms. The minimum atomic E-state index is 0.949. The van der Waals surface area contributed by atoms with Gasteiger partial charge >= 0.3 is 0 Å². The van der Waals surface area contributed by atoms with E-state index in [1.165, 1.54) is 5.39 Å². The fourth-order valence-corrected chi connectivity index (χ4v) is 4.21. The summed E-state index contributed by atoms with van der Waals surface area (Å²) in [5, 5.41) is 2.37. The van der Waals surface area contributed by atoms with Crippen molar-refractivity contribution in [3.8, 4) is 28.2 Å². The third-order valence-corrected chi connectivity index (χ3v) is 5.66. The lowest BCUT2D eigenvalue weighted by atomic mass is 10.0. The molecular weight excluding hydrogens is 378 g/mol. The minimum absolute atomic E-state index is 0.949. The smallest absolute Gasteiger partial charge is 0.146 e. The third kappa shape index (κ3) is 2.99. The summed E-state index contributed by atoms with van der Waals surface area (Å²) >= 11 is 0. The van der Waals surface area contributed by atoms with E-state index in [4.69, 9.17) is 4.98 Å². The molecule has 0 aliphatic heterocycles. The molecule has 3 aromatic heterocycles. The normalized spacial score (nSPS) is 11.2. The molecule has 0 unspecified atom stereocenters. The van der Waals surface area contributed by atoms with Crippen molar-refractivity contribution in [2.24, 2.45) is 0 Å². The number of para-hydroxylation sites is 2. The van der Waals surface area contributed by atoms with Crippen LogP contribution in [0.3, 0.4) is 0 Å². The SMILES string of the molecule is c1ccc(-n2c3ccccc3c3ccc(-c4cccc(-c5ccccn5)c4)nc32)cc1. The molecule has 0 spiro atoms. The molecule has 3 nitrogen and oxygen atoms in total. The van der Waals surface area contributed by atoms with Crippen LogP contribution in [0.1, 0.15) is 0 Å². The van der Waals surface area contributed by atoms with Crippen LogP contribution in [0.25, 0.3) is 50.1 Å². The largest absolute Gasteiger partial charge is 0.294 e. The number of hydrogen-bond acceptors (Lipinski definition) is 2. The molecule has 0 bridgehead atoms. The maximum atomic E-state index is 5.14. The van der Waals surface area contributed by atoms with Gasteiger partial charge in [-0.3, -0.25) is 9.55 Å². The molecule has 6 rings (SSSR count). The van der Waals surface area contributed by atoms with Crippen LogP contribution < -0.4 is 0 Å². The Morgan fingerprint density at radius 1 is 0.548 bits per heavy atom. The lowest BCUT2D eigenvalue weighted by Crippen LogP contribution is -1.96. The quantitative estimate of drug-likeness (QED) is 0.325. The van der Waals surface area contributed by atoms with Crippen molar-refractivity contribution in [3.63, 3.8) is 0 Å². The van der Waals surface area contributed by atoms with Gasteiger partial charge in [0.25, 0.3) is 0 Å². The maximum absolute atomic E-state index is 5.14. The van der Waals surface area contributed by atoms with E-state index in [0.717, 1.165) is 44.8 Å². The highest BCUT2D eigenvalue weighted by Gasteiger charge is 2.14. The molecule has 0 aliphatic carbocycles. The first kappa shape index (κ1) is 17.6. The van der Waals surface area contributed by atoms with Crippen molar-refractivity contribution < 1.29 is 0 Å². The number of benzene rings is 3. The Labute approximate surface area is 180 Å². The van der Waals surface area contributed by atoms with Gasteiger partial charge in [0.15, 0.2) is 0 Å². The van der Waals surface area contributed by atoms with Crippen LogP contribution in [0.4, 0.5) is 0 Å². The first-order valence-corrected chi connectivity index (χ1v) is 10.4. The zero-order valence-electron chi connectivity index (χ0n) is 16.8. The van der Waals surface area contributed by atoms with Gasteiger partial charge in [-0.2, -0.15) is 0 Å². The van der Waals surface area contributed by atoms with Crippen molar-refractivity contribution in [2.45, 2.75) is 0 Å². The van der Waals surface area contributed by atoms with Gasteiger partial charge < -0.3 is 0 Å². The van der Waals surface area contributed by atoms with E-state index in [-0.39, 0.29) is 0 Å². The van der Waals surface area contributed by atoms with Crippen LogP contribution in [0.2, 0.25) is 0 Å². The molecule has 6 aromatic rings. The number of fused-ring (bicyclic) bond motifs is 3. The van der Waals surface area contributed by atoms with Crippen molar-refractivity contribution in [2.75, 3.05) is 0 Å². The number of pyridine rings is 2. The Bertz CT molecular complexity index is 1520. The number of rotatable bonds is 3. The van der Waals surface area contributed by atoms with Crippen LogP contribution in [0.15, 0.2) is 115 Å². The molecular formula is C28H19N3. The van der Waals surface area contributed by atoms with E-state index < -0.39 is 0 Å². The van der Waals surface area contributed by atoms with Gasteiger partial charge in [0.1, 0.15) is 5.65 Å². The lowest BCUT2D eigenvalue weighted by molar-refractivity contribution is 1.14. The van der Waals surface area contributed by atoms with Gasteiger partial charge in [-0.1, -0.05) is 60.7 Å². The predicted octanol–water partition coefficient (Wildman–Crippen LogP) is 6.91. The average molecular weight is 397 g/mol. The van der Waals surface area contributed by atoms with Crippen LogP contribution >= 0.6 is 0 Å². The summed E-state index contributed by atoms with van der Waals surface area (Å²) in [7, 11) is 0. The van der Waals surface area contributed by atoms with Crippen molar-refractivity contribution in [1.29, 1.82) is 0 Å². The number of hydrogen-bond donors (Lipinski definition) is 0. The summed E-state index contributed by atoms with van der Waals surface area (Å²) in [5.74, 6) is 0. The molecule has 0 fully saturated rings. The predicted molar refractivity (Wildman–Crippen MR) is 127 cm³/mol. The monoisotopic (exact) mass is 397 g/mol. The standard InChI is InChI=1S/C28H19N3/c1-2-11-22(12-3-1)31-27-15-5-4-13-23(27)24-16-17-26(30-28(24)31)21-10-8-9-20(19-21)25-14-6-7-18-29-25/h1-19H. The van der Waals surface area contributed by atoms with E-state index in [2.05, 4.69) is 94.5 Å². The van der Waals surface area contributed by atoms with Crippen LogP contribution in [-0.2, 0) is 0 Å². The second kappa shape index (κ2) is 7.22. The van der Waals surface area contributed by atoms with E-state index in [0.29, 0.717) is 0 Å². The second-order valence-corrected chi connectivity index (χ2v) is 7.55. The molecule has 0 aliphatic rings. The molecule has 0 atom stereocenters. The van der Waals surface area contributed by atoms with E-state index in [9.17, 15) is 0 Å². The summed E-state index contributed by atoms with van der Waals surface area (Å²) in [6.07, 6.45) is 1.82. The van der Waals surface area contributed by atoms with Crippen molar-refractivity contribution in [1.82, 2.24) is 14.5 Å². The highest BCUT2D eigenvalue weighted by molar-refractivity contribution is 6.08. The second-order valence-electron chi connectivity index (χ2n) is 7.55. The van der Waals surface area contributed by atoms with Crippen LogP contribution in [0, 0.1) is 0 Å². The summed E-state index contributed by atoms with van der Waals surface area (Å²) < 4.78 is 2.25. The molecule has 3 heteroatoms. The zero-order valence-corrected chi connectivity index (χ0v) is 16.8. The Hall–Kier alpha value is -4.24. The van der Waals surface area contributed by atoms with Crippen LogP contribution in [-0.4, -0.2) is 14.5 Å². The number of aromatic nitrogens is 3. The molecule has 0 saturated heterocycles. The highest BCUT2D eigenvalue weighted by atomic mass is 15.0. The van der Waals surface area contributed by atoms with Crippen LogP contribution in [0.5, 0.6) is 0 Å². The topological polar surface area (TPSA) is 30.7 Å². The van der Waals surface area contributed by atoms with Gasteiger partial charge in [0.05, 0.1) is 16.9 Å². The third-order valence-electron chi connectivity index (χ3n) is 5.66. The molecule has 146 valence electrons. The molecule has 0 amide bonds. The van der Waals surface area contributed by atoms with E-state index in [1.54, 1.807) is 0 Å². The van der Waals surface area contributed by atoms with Crippen molar-refractivity contribution in [3.05, 3.63) is 115 Å². The van der Waals surface area contributed by atoms with E-state index >= 15 is 0 Å². The molecule has 3 aromatic carbocycles. The Morgan fingerprint density at radius 2 is 1.32 bits per heavy atom. The summed E-state index contributed by atoms with van der Waals surface area (Å²) in [6, 6.07) is 37.6.